The quantitative estimate of drug-likeness (QED) is 0.520. The Bertz CT molecular complexity index is 224. The Morgan fingerprint density at radius 2 is 2.24 bits per heavy atom. The number of hydrogen-bond acceptors (Lipinski definition) is 4. The molecular weight excluding hydrogens is 220 g/mol. The van der Waals surface area contributed by atoms with Crippen molar-refractivity contribution >= 4 is 5.91 Å². The van der Waals surface area contributed by atoms with Gasteiger partial charge >= 0.3 is 0 Å². The molecule has 1 saturated carbocycles. The molecule has 100 valence electrons. The van der Waals surface area contributed by atoms with Gasteiger partial charge in [-0.25, -0.2) is 0 Å². The van der Waals surface area contributed by atoms with Gasteiger partial charge in [0.25, 0.3) is 0 Å². The predicted octanol–water partition coefficient (Wildman–Crippen LogP) is -0.123. The molecule has 4 N–H and O–H groups in total. The first-order chi connectivity index (χ1) is 8.29. The van der Waals surface area contributed by atoms with Crippen LogP contribution in [0.1, 0.15) is 25.7 Å². The van der Waals surface area contributed by atoms with Crippen LogP contribution < -0.4 is 11.1 Å². The minimum absolute atomic E-state index is 0.0482. The van der Waals surface area contributed by atoms with Crippen LogP contribution in [-0.2, 0) is 9.53 Å². The fraction of sp³-hybridized carbons (Fsp3) is 0.917. The Labute approximate surface area is 103 Å². The standard InChI is InChI=1S/C12H24N2O3/c13-9-10-3-1-4-11(10)12(16)14-5-2-7-17-8-6-15/h10-11,15H,1-9,13H2,(H,14,16). The highest BCUT2D eigenvalue weighted by Crippen LogP contribution is 2.30. The summed E-state index contributed by atoms with van der Waals surface area (Å²) in [5.74, 6) is 0.610. The van der Waals surface area contributed by atoms with Crippen molar-refractivity contribution < 1.29 is 14.6 Å². The molecule has 1 fully saturated rings. The molecular formula is C12H24N2O3. The average Bonchev–Trinajstić information content (AvgIpc) is 2.81. The maximum atomic E-state index is 11.9. The van der Waals surface area contributed by atoms with Crippen molar-refractivity contribution in [1.82, 2.24) is 5.32 Å². The number of rotatable bonds is 8. The molecule has 1 aliphatic carbocycles. The molecule has 0 saturated heterocycles. The van der Waals surface area contributed by atoms with Gasteiger partial charge in [-0.3, -0.25) is 4.79 Å². The van der Waals surface area contributed by atoms with Gasteiger partial charge in [0.05, 0.1) is 13.2 Å². The Kier molecular flexibility index (Phi) is 7.16. The molecule has 0 spiro atoms. The van der Waals surface area contributed by atoms with Crippen LogP contribution >= 0.6 is 0 Å². The lowest BCUT2D eigenvalue weighted by molar-refractivity contribution is -0.126. The number of aliphatic hydroxyl groups is 1. The molecule has 0 radical (unpaired) electrons. The number of nitrogens with two attached hydrogens (primary N) is 1. The maximum absolute atomic E-state index is 11.9. The van der Waals surface area contributed by atoms with E-state index in [1.165, 1.54) is 0 Å². The van der Waals surface area contributed by atoms with Crippen molar-refractivity contribution in [2.45, 2.75) is 25.7 Å². The van der Waals surface area contributed by atoms with Crippen molar-refractivity contribution in [3.8, 4) is 0 Å². The normalized spacial score (nSPS) is 23.9. The van der Waals surface area contributed by atoms with Gasteiger partial charge in [0.2, 0.25) is 5.91 Å². The summed E-state index contributed by atoms with van der Waals surface area (Å²) in [6, 6.07) is 0. The van der Waals surface area contributed by atoms with Crippen LogP contribution in [0.15, 0.2) is 0 Å². The molecule has 0 bridgehead atoms. The molecule has 5 heteroatoms. The van der Waals surface area contributed by atoms with Gasteiger partial charge < -0.3 is 20.9 Å². The number of carbonyl (C=O) groups excluding carboxylic acids is 1. The summed E-state index contributed by atoms with van der Waals surface area (Å²) >= 11 is 0. The maximum Gasteiger partial charge on any atom is 0.223 e. The second kappa shape index (κ2) is 8.44. The molecule has 0 aliphatic heterocycles. The summed E-state index contributed by atoms with van der Waals surface area (Å²) in [5.41, 5.74) is 5.65. The van der Waals surface area contributed by atoms with Gasteiger partial charge in [-0.1, -0.05) is 6.42 Å². The van der Waals surface area contributed by atoms with Crippen molar-refractivity contribution in [2.24, 2.45) is 17.6 Å². The van der Waals surface area contributed by atoms with Gasteiger partial charge in [-0.05, 0) is 31.7 Å². The first-order valence-electron chi connectivity index (χ1n) is 6.46. The van der Waals surface area contributed by atoms with E-state index in [0.717, 1.165) is 25.7 Å². The van der Waals surface area contributed by atoms with Gasteiger partial charge in [-0.2, -0.15) is 0 Å². The Morgan fingerprint density at radius 1 is 1.41 bits per heavy atom. The number of nitrogens with one attached hydrogen (secondary N) is 1. The summed E-state index contributed by atoms with van der Waals surface area (Å²) in [5, 5.41) is 11.4. The van der Waals surface area contributed by atoms with Gasteiger partial charge in [0.1, 0.15) is 0 Å². The van der Waals surface area contributed by atoms with Crippen LogP contribution in [0.25, 0.3) is 0 Å². The zero-order valence-corrected chi connectivity index (χ0v) is 10.4. The summed E-state index contributed by atoms with van der Waals surface area (Å²) < 4.78 is 5.11. The number of ether oxygens (including phenoxy) is 1. The third-order valence-electron chi connectivity index (χ3n) is 3.30. The molecule has 2 unspecified atom stereocenters. The van der Waals surface area contributed by atoms with Crippen LogP contribution in [0.5, 0.6) is 0 Å². The van der Waals surface area contributed by atoms with Crippen LogP contribution in [0.4, 0.5) is 0 Å². The Balaban J connectivity index is 2.08. The summed E-state index contributed by atoms with van der Waals surface area (Å²) in [6.07, 6.45) is 3.94. The molecule has 2 atom stereocenters. The molecule has 1 amide bonds. The second-order valence-electron chi connectivity index (χ2n) is 4.51. The largest absolute Gasteiger partial charge is 0.394 e. The molecule has 1 rings (SSSR count). The first kappa shape index (κ1) is 14.4. The van der Waals surface area contributed by atoms with E-state index in [9.17, 15) is 4.79 Å². The summed E-state index contributed by atoms with van der Waals surface area (Å²) in [4.78, 5) is 11.9. The van der Waals surface area contributed by atoms with E-state index in [2.05, 4.69) is 5.32 Å². The van der Waals surface area contributed by atoms with Gasteiger partial charge in [-0.15, -0.1) is 0 Å². The second-order valence-corrected chi connectivity index (χ2v) is 4.51. The Hall–Kier alpha value is -0.650. The van der Waals surface area contributed by atoms with E-state index in [4.69, 9.17) is 15.6 Å². The number of amides is 1. The van der Waals surface area contributed by atoms with Crippen molar-refractivity contribution in [3.05, 3.63) is 0 Å². The van der Waals surface area contributed by atoms with E-state index in [1.54, 1.807) is 0 Å². The first-order valence-corrected chi connectivity index (χ1v) is 6.46. The van der Waals surface area contributed by atoms with E-state index >= 15 is 0 Å². The number of aliphatic hydroxyl groups excluding tert-OH is 1. The fourth-order valence-electron chi connectivity index (χ4n) is 2.35. The van der Waals surface area contributed by atoms with E-state index in [-0.39, 0.29) is 18.4 Å². The van der Waals surface area contributed by atoms with Crippen LogP contribution in [-0.4, -0.2) is 43.9 Å². The van der Waals surface area contributed by atoms with E-state index in [0.29, 0.717) is 32.2 Å². The van der Waals surface area contributed by atoms with Crippen molar-refractivity contribution in [3.63, 3.8) is 0 Å². The highest BCUT2D eigenvalue weighted by atomic mass is 16.5. The van der Waals surface area contributed by atoms with Gasteiger partial charge in [0.15, 0.2) is 0 Å². The minimum Gasteiger partial charge on any atom is -0.394 e. The molecule has 17 heavy (non-hydrogen) atoms. The molecule has 0 aromatic heterocycles. The topological polar surface area (TPSA) is 84.6 Å². The van der Waals surface area contributed by atoms with Gasteiger partial charge in [0, 0.05) is 19.1 Å². The predicted molar refractivity (Wildman–Crippen MR) is 65.4 cm³/mol. The monoisotopic (exact) mass is 244 g/mol. The van der Waals surface area contributed by atoms with Crippen molar-refractivity contribution in [2.75, 3.05) is 32.9 Å². The molecule has 0 aromatic rings. The average molecular weight is 244 g/mol. The highest BCUT2D eigenvalue weighted by molar-refractivity contribution is 5.79. The summed E-state index contributed by atoms with van der Waals surface area (Å²) in [7, 11) is 0. The minimum atomic E-state index is 0.0482. The smallest absolute Gasteiger partial charge is 0.223 e. The van der Waals surface area contributed by atoms with Crippen LogP contribution in [0, 0.1) is 11.8 Å². The SMILES string of the molecule is NCC1CCCC1C(=O)NCCCOCCO. The zero-order valence-electron chi connectivity index (χ0n) is 10.4. The lowest BCUT2D eigenvalue weighted by Gasteiger charge is -2.17. The Morgan fingerprint density at radius 3 is 2.94 bits per heavy atom. The lowest BCUT2D eigenvalue weighted by atomic mass is 9.95. The van der Waals surface area contributed by atoms with E-state index in [1.807, 2.05) is 0 Å². The van der Waals surface area contributed by atoms with Crippen LogP contribution in [0.2, 0.25) is 0 Å². The fourth-order valence-corrected chi connectivity index (χ4v) is 2.35. The molecule has 1 aliphatic rings. The number of carbonyl (C=O) groups is 1. The summed E-state index contributed by atoms with van der Waals surface area (Å²) in [6.45, 7) is 2.24. The highest BCUT2D eigenvalue weighted by Gasteiger charge is 2.31. The third kappa shape index (κ3) is 5.02. The van der Waals surface area contributed by atoms with E-state index < -0.39 is 0 Å². The van der Waals surface area contributed by atoms with Crippen LogP contribution in [0.3, 0.4) is 0 Å². The zero-order chi connectivity index (χ0) is 12.5. The lowest BCUT2D eigenvalue weighted by Crippen LogP contribution is -2.35. The third-order valence-corrected chi connectivity index (χ3v) is 3.30. The van der Waals surface area contributed by atoms with Crippen molar-refractivity contribution in [1.29, 1.82) is 0 Å². The molecule has 0 aromatic carbocycles. The molecule has 5 nitrogen and oxygen atoms in total. The number of hydrogen-bond donors (Lipinski definition) is 3. The molecule has 0 heterocycles.